The zero-order chi connectivity index (χ0) is 9.61. The van der Waals surface area contributed by atoms with Crippen LogP contribution in [0.3, 0.4) is 0 Å². The number of hydrogen-bond donors (Lipinski definition) is 1. The van der Waals surface area contributed by atoms with E-state index < -0.39 is 14.2 Å². The van der Waals surface area contributed by atoms with Crippen LogP contribution in [0.2, 0.25) is 19.6 Å². The Morgan fingerprint density at radius 3 is 2.33 bits per heavy atom. The van der Waals surface area contributed by atoms with Crippen molar-refractivity contribution in [2.24, 2.45) is 0 Å². The van der Waals surface area contributed by atoms with Gasteiger partial charge in [0.25, 0.3) is 0 Å². The first-order valence-corrected chi connectivity index (χ1v) is 7.51. The highest BCUT2D eigenvalue weighted by atomic mass is 28.3. The van der Waals surface area contributed by atoms with Gasteiger partial charge in [0.15, 0.2) is 0 Å². The lowest BCUT2D eigenvalue weighted by atomic mass is 10.2. The molecular formula is C9H15NOSi. The van der Waals surface area contributed by atoms with E-state index in [1.165, 1.54) is 0 Å². The number of aliphatic hydroxyl groups excluding tert-OH is 1. The van der Waals surface area contributed by atoms with Gasteiger partial charge >= 0.3 is 0 Å². The summed E-state index contributed by atoms with van der Waals surface area (Å²) < 4.78 is 0. The van der Waals surface area contributed by atoms with Crippen LogP contribution in [0, 0.1) is 22.8 Å². The first kappa shape index (κ1) is 11.2. The topological polar surface area (TPSA) is 44.0 Å². The van der Waals surface area contributed by atoms with Gasteiger partial charge in [-0.2, -0.15) is 5.26 Å². The second-order valence-corrected chi connectivity index (χ2v) is 8.52. The Morgan fingerprint density at radius 2 is 1.92 bits per heavy atom. The van der Waals surface area contributed by atoms with Gasteiger partial charge in [0.2, 0.25) is 0 Å². The standard InChI is InChI=1S/C9H15NOSi/c1-12(2,3)8-4-5-9(11)6-7-10/h9,11H,5-6H2,1-3H3/t9-/m1/s1. The third kappa shape index (κ3) is 7.34. The second kappa shape index (κ2) is 4.98. The zero-order valence-corrected chi connectivity index (χ0v) is 8.89. The first-order valence-electron chi connectivity index (χ1n) is 4.01. The average Bonchev–Trinajstić information content (AvgIpc) is 1.84. The Balaban J connectivity index is 3.80. The van der Waals surface area contributed by atoms with Gasteiger partial charge in [-0.1, -0.05) is 19.6 Å². The van der Waals surface area contributed by atoms with Crippen LogP contribution in [-0.2, 0) is 0 Å². The molecule has 0 spiro atoms. The zero-order valence-electron chi connectivity index (χ0n) is 7.89. The van der Waals surface area contributed by atoms with Crippen LogP contribution in [0.5, 0.6) is 0 Å². The highest BCUT2D eigenvalue weighted by Crippen LogP contribution is 1.99. The molecule has 0 aromatic carbocycles. The third-order valence-electron chi connectivity index (χ3n) is 1.13. The normalized spacial score (nSPS) is 12.6. The van der Waals surface area contributed by atoms with Gasteiger partial charge in [0, 0.05) is 6.42 Å². The van der Waals surface area contributed by atoms with Crippen LogP contribution in [0.25, 0.3) is 0 Å². The van der Waals surface area contributed by atoms with Crippen molar-refractivity contribution in [1.82, 2.24) is 0 Å². The predicted molar refractivity (Wildman–Crippen MR) is 52.0 cm³/mol. The maximum atomic E-state index is 9.14. The molecule has 0 aromatic heterocycles. The number of nitriles is 1. The Kier molecular flexibility index (Phi) is 4.66. The molecule has 0 aliphatic carbocycles. The molecule has 0 unspecified atom stereocenters. The first-order chi connectivity index (χ1) is 5.45. The van der Waals surface area contributed by atoms with Gasteiger partial charge in [-0.05, 0) is 0 Å². The van der Waals surface area contributed by atoms with E-state index in [1.807, 2.05) is 6.07 Å². The van der Waals surface area contributed by atoms with Crippen molar-refractivity contribution in [3.63, 3.8) is 0 Å². The van der Waals surface area contributed by atoms with Crippen LogP contribution in [0.15, 0.2) is 0 Å². The van der Waals surface area contributed by atoms with Crippen molar-refractivity contribution in [3.8, 4) is 17.5 Å². The van der Waals surface area contributed by atoms with E-state index in [-0.39, 0.29) is 6.42 Å². The molecule has 1 N–H and O–H groups in total. The Bertz CT molecular complexity index is 226. The summed E-state index contributed by atoms with van der Waals surface area (Å²) >= 11 is 0. The smallest absolute Gasteiger partial charge is 0.129 e. The fraction of sp³-hybridized carbons (Fsp3) is 0.667. The molecule has 3 heteroatoms. The lowest BCUT2D eigenvalue weighted by Gasteiger charge is -2.04. The summed E-state index contributed by atoms with van der Waals surface area (Å²) in [6.45, 7) is 6.45. The van der Waals surface area contributed by atoms with E-state index in [0.717, 1.165) is 0 Å². The third-order valence-corrected chi connectivity index (χ3v) is 2.05. The number of nitrogens with zero attached hydrogens (tertiary/aromatic N) is 1. The summed E-state index contributed by atoms with van der Waals surface area (Å²) in [5, 5.41) is 17.4. The van der Waals surface area contributed by atoms with E-state index in [9.17, 15) is 0 Å². The van der Waals surface area contributed by atoms with Gasteiger partial charge < -0.3 is 5.11 Å². The van der Waals surface area contributed by atoms with Crippen molar-refractivity contribution in [1.29, 1.82) is 5.26 Å². The van der Waals surface area contributed by atoms with E-state index in [0.29, 0.717) is 6.42 Å². The summed E-state index contributed by atoms with van der Waals surface area (Å²) in [6, 6.07) is 1.91. The van der Waals surface area contributed by atoms with Crippen LogP contribution in [-0.4, -0.2) is 19.3 Å². The van der Waals surface area contributed by atoms with Crippen molar-refractivity contribution in [2.75, 3.05) is 0 Å². The maximum absolute atomic E-state index is 9.14. The van der Waals surface area contributed by atoms with Gasteiger partial charge in [-0.25, -0.2) is 0 Å². The molecule has 1 atom stereocenters. The molecule has 0 saturated heterocycles. The fourth-order valence-electron chi connectivity index (χ4n) is 0.612. The van der Waals surface area contributed by atoms with Crippen LogP contribution < -0.4 is 0 Å². The summed E-state index contributed by atoms with van der Waals surface area (Å²) in [5.41, 5.74) is 3.13. The highest BCUT2D eigenvalue weighted by molar-refractivity contribution is 6.83. The lowest BCUT2D eigenvalue weighted by molar-refractivity contribution is 0.185. The van der Waals surface area contributed by atoms with E-state index >= 15 is 0 Å². The minimum absolute atomic E-state index is 0.181. The number of hydrogen-bond acceptors (Lipinski definition) is 2. The molecule has 0 aliphatic rings. The molecule has 0 amide bonds. The predicted octanol–water partition coefficient (Wildman–Crippen LogP) is 1.53. The minimum Gasteiger partial charge on any atom is -0.391 e. The molecule has 0 radical (unpaired) electrons. The van der Waals surface area contributed by atoms with Crippen molar-refractivity contribution >= 4 is 8.07 Å². The summed E-state index contributed by atoms with van der Waals surface area (Å²) in [7, 11) is -1.30. The molecule has 0 bridgehead atoms. The SMILES string of the molecule is C[Si](C)(C)C#CC[C@@H](O)CC#N. The molecule has 0 saturated carbocycles. The van der Waals surface area contributed by atoms with Gasteiger partial charge in [-0.15, -0.1) is 11.5 Å². The van der Waals surface area contributed by atoms with Crippen molar-refractivity contribution in [3.05, 3.63) is 0 Å². The summed E-state index contributed by atoms with van der Waals surface area (Å²) in [6.07, 6.45) is 0.0388. The Labute approximate surface area is 75.2 Å². The van der Waals surface area contributed by atoms with E-state index in [2.05, 4.69) is 31.1 Å². The Hall–Kier alpha value is -0.773. The molecule has 0 aromatic rings. The number of aliphatic hydroxyl groups is 1. The lowest BCUT2D eigenvalue weighted by Crippen LogP contribution is -2.16. The van der Waals surface area contributed by atoms with Gasteiger partial charge in [-0.3, -0.25) is 0 Å². The molecule has 2 nitrogen and oxygen atoms in total. The van der Waals surface area contributed by atoms with Crippen LogP contribution in [0.1, 0.15) is 12.8 Å². The van der Waals surface area contributed by atoms with Crippen molar-refractivity contribution in [2.45, 2.75) is 38.6 Å². The fourth-order valence-corrected chi connectivity index (χ4v) is 1.24. The summed E-state index contributed by atoms with van der Waals surface area (Å²) in [4.78, 5) is 0. The molecule has 0 fully saturated rings. The molecular weight excluding hydrogens is 166 g/mol. The highest BCUT2D eigenvalue weighted by Gasteiger charge is 2.07. The largest absolute Gasteiger partial charge is 0.391 e. The molecule has 0 aliphatic heterocycles. The average molecular weight is 181 g/mol. The quantitative estimate of drug-likeness (QED) is 0.518. The van der Waals surface area contributed by atoms with Gasteiger partial charge in [0.05, 0.1) is 18.6 Å². The maximum Gasteiger partial charge on any atom is 0.129 e. The molecule has 66 valence electrons. The van der Waals surface area contributed by atoms with E-state index in [1.54, 1.807) is 0 Å². The Morgan fingerprint density at radius 1 is 1.33 bits per heavy atom. The molecule has 0 rings (SSSR count). The van der Waals surface area contributed by atoms with E-state index in [4.69, 9.17) is 10.4 Å². The van der Waals surface area contributed by atoms with Crippen molar-refractivity contribution < 1.29 is 5.11 Å². The van der Waals surface area contributed by atoms with Crippen LogP contribution in [0.4, 0.5) is 0 Å². The van der Waals surface area contributed by atoms with Gasteiger partial charge in [0.1, 0.15) is 8.07 Å². The van der Waals surface area contributed by atoms with Crippen LogP contribution >= 0.6 is 0 Å². The monoisotopic (exact) mass is 181 g/mol. The molecule has 12 heavy (non-hydrogen) atoms. The molecule has 0 heterocycles. The summed E-state index contributed by atoms with van der Waals surface area (Å²) in [5.74, 6) is 2.92. The number of rotatable bonds is 2. The minimum atomic E-state index is -1.30. The second-order valence-electron chi connectivity index (χ2n) is 3.77.